The van der Waals surface area contributed by atoms with Gasteiger partial charge in [0.15, 0.2) is 12.4 Å². The molecule has 0 saturated heterocycles. The average Bonchev–Trinajstić information content (AvgIpc) is 2.60. The summed E-state index contributed by atoms with van der Waals surface area (Å²) in [5, 5.41) is 4.83. The minimum absolute atomic E-state index is 0.0995. The van der Waals surface area contributed by atoms with Gasteiger partial charge in [0, 0.05) is 10.0 Å². The largest absolute Gasteiger partial charge is 0.484 e. The number of para-hydroxylation sites is 1. The monoisotopic (exact) mass is 397 g/mol. The number of amides is 1. The van der Waals surface area contributed by atoms with Crippen molar-refractivity contribution in [3.63, 3.8) is 0 Å². The normalized spacial score (nSPS) is 10.5. The standard InChI is InChI=1S/C20H16BrNO3/c1-13(23)18-4-2-3-5-19(18)22-20(24)12-25-17-9-7-14-10-16(21)8-6-15(14)11-17/h2-11H,12H2,1H3,(H,22,24). The molecule has 126 valence electrons. The molecule has 0 spiro atoms. The molecule has 4 nitrogen and oxygen atoms in total. The van der Waals surface area contributed by atoms with Crippen molar-refractivity contribution >= 4 is 44.1 Å². The van der Waals surface area contributed by atoms with E-state index in [0.717, 1.165) is 15.2 Å². The highest BCUT2D eigenvalue weighted by Crippen LogP contribution is 2.24. The lowest BCUT2D eigenvalue weighted by Gasteiger charge is -2.10. The first-order chi connectivity index (χ1) is 12.0. The molecule has 1 N–H and O–H groups in total. The van der Waals surface area contributed by atoms with Gasteiger partial charge in [0.05, 0.1) is 5.69 Å². The van der Waals surface area contributed by atoms with Crippen LogP contribution < -0.4 is 10.1 Å². The van der Waals surface area contributed by atoms with Crippen molar-refractivity contribution in [1.82, 2.24) is 0 Å². The molecular formula is C20H16BrNO3. The van der Waals surface area contributed by atoms with Crippen LogP contribution in [0.5, 0.6) is 5.75 Å². The SMILES string of the molecule is CC(=O)c1ccccc1NC(=O)COc1ccc2cc(Br)ccc2c1. The van der Waals surface area contributed by atoms with Gasteiger partial charge >= 0.3 is 0 Å². The number of rotatable bonds is 5. The number of benzene rings is 3. The molecule has 0 saturated carbocycles. The van der Waals surface area contributed by atoms with Gasteiger partial charge < -0.3 is 10.1 Å². The van der Waals surface area contributed by atoms with Gasteiger partial charge in [0.25, 0.3) is 5.91 Å². The van der Waals surface area contributed by atoms with Crippen molar-refractivity contribution in [3.05, 3.63) is 70.7 Å². The Morgan fingerprint density at radius 3 is 2.52 bits per heavy atom. The predicted molar refractivity (Wildman–Crippen MR) is 102 cm³/mol. The van der Waals surface area contributed by atoms with Crippen molar-refractivity contribution in [3.8, 4) is 5.75 Å². The topological polar surface area (TPSA) is 55.4 Å². The summed E-state index contributed by atoms with van der Waals surface area (Å²) < 4.78 is 6.58. The van der Waals surface area contributed by atoms with E-state index < -0.39 is 0 Å². The molecule has 0 radical (unpaired) electrons. The Kier molecular flexibility index (Phi) is 5.14. The molecule has 3 aromatic rings. The number of fused-ring (bicyclic) bond motifs is 1. The van der Waals surface area contributed by atoms with Crippen molar-refractivity contribution in [1.29, 1.82) is 0 Å². The predicted octanol–water partition coefficient (Wildman–Crippen LogP) is 4.82. The second-order valence-electron chi connectivity index (χ2n) is 5.59. The Morgan fingerprint density at radius 1 is 1.00 bits per heavy atom. The zero-order chi connectivity index (χ0) is 17.8. The van der Waals surface area contributed by atoms with Gasteiger partial charge in [-0.15, -0.1) is 0 Å². The van der Waals surface area contributed by atoms with Crippen LogP contribution in [0.25, 0.3) is 10.8 Å². The molecule has 0 atom stereocenters. The van der Waals surface area contributed by atoms with Crippen molar-refractivity contribution in [2.24, 2.45) is 0 Å². The summed E-state index contributed by atoms with van der Waals surface area (Å²) in [6, 6.07) is 18.5. The smallest absolute Gasteiger partial charge is 0.262 e. The van der Waals surface area contributed by atoms with Gasteiger partial charge in [0.2, 0.25) is 0 Å². The first-order valence-corrected chi connectivity index (χ1v) is 8.54. The Labute approximate surface area is 153 Å². The molecule has 25 heavy (non-hydrogen) atoms. The summed E-state index contributed by atoms with van der Waals surface area (Å²) in [7, 11) is 0. The van der Waals surface area contributed by atoms with Gasteiger partial charge in [-0.1, -0.05) is 40.2 Å². The molecule has 3 rings (SSSR count). The van der Waals surface area contributed by atoms with Crippen LogP contribution in [0.2, 0.25) is 0 Å². The van der Waals surface area contributed by atoms with Gasteiger partial charge in [-0.25, -0.2) is 0 Å². The lowest BCUT2D eigenvalue weighted by Crippen LogP contribution is -2.21. The first-order valence-electron chi connectivity index (χ1n) is 7.75. The van der Waals surface area contributed by atoms with Crippen molar-refractivity contribution in [2.45, 2.75) is 6.92 Å². The molecule has 0 fully saturated rings. The third-order valence-electron chi connectivity index (χ3n) is 3.72. The van der Waals surface area contributed by atoms with Crippen LogP contribution in [-0.2, 0) is 4.79 Å². The van der Waals surface area contributed by atoms with E-state index in [2.05, 4.69) is 21.2 Å². The summed E-state index contributed by atoms with van der Waals surface area (Å²) in [5.41, 5.74) is 0.971. The molecule has 1 amide bonds. The zero-order valence-electron chi connectivity index (χ0n) is 13.6. The quantitative estimate of drug-likeness (QED) is 0.627. The number of nitrogens with one attached hydrogen (secondary N) is 1. The number of hydrogen-bond donors (Lipinski definition) is 1. The molecule has 0 unspecified atom stereocenters. The third-order valence-corrected chi connectivity index (χ3v) is 4.22. The van der Waals surface area contributed by atoms with Crippen LogP contribution in [0.3, 0.4) is 0 Å². The van der Waals surface area contributed by atoms with E-state index in [1.807, 2.05) is 36.4 Å². The second-order valence-corrected chi connectivity index (χ2v) is 6.51. The van der Waals surface area contributed by atoms with Gasteiger partial charge in [-0.05, 0) is 54.1 Å². The van der Waals surface area contributed by atoms with Gasteiger partial charge in [-0.2, -0.15) is 0 Å². The molecule has 0 aliphatic heterocycles. The Balaban J connectivity index is 1.66. The van der Waals surface area contributed by atoms with Gasteiger partial charge in [-0.3, -0.25) is 9.59 Å². The maximum absolute atomic E-state index is 12.1. The molecule has 5 heteroatoms. The second kappa shape index (κ2) is 7.49. The fraction of sp³-hybridized carbons (Fsp3) is 0.100. The number of ketones is 1. The minimum Gasteiger partial charge on any atom is -0.484 e. The van der Waals surface area contributed by atoms with Crippen LogP contribution in [0.1, 0.15) is 17.3 Å². The van der Waals surface area contributed by atoms with Crippen LogP contribution in [0, 0.1) is 0 Å². The van der Waals surface area contributed by atoms with Crippen LogP contribution in [0.4, 0.5) is 5.69 Å². The maximum Gasteiger partial charge on any atom is 0.262 e. The molecule has 0 aromatic heterocycles. The van der Waals surface area contributed by atoms with E-state index in [-0.39, 0.29) is 18.3 Å². The molecular weight excluding hydrogens is 382 g/mol. The highest BCUT2D eigenvalue weighted by molar-refractivity contribution is 9.10. The first kappa shape index (κ1) is 17.2. The Hall–Kier alpha value is -2.66. The van der Waals surface area contributed by atoms with Gasteiger partial charge in [0.1, 0.15) is 5.75 Å². The number of carbonyl (C=O) groups excluding carboxylic acids is 2. The number of anilines is 1. The Morgan fingerprint density at radius 2 is 1.72 bits per heavy atom. The average molecular weight is 398 g/mol. The van der Waals surface area contributed by atoms with E-state index in [9.17, 15) is 9.59 Å². The summed E-state index contributed by atoms with van der Waals surface area (Å²) in [5.74, 6) is 0.201. The Bertz CT molecular complexity index is 953. The fourth-order valence-electron chi connectivity index (χ4n) is 2.52. The zero-order valence-corrected chi connectivity index (χ0v) is 15.2. The number of hydrogen-bond acceptors (Lipinski definition) is 3. The third kappa shape index (κ3) is 4.25. The molecule has 0 aliphatic carbocycles. The minimum atomic E-state index is -0.315. The van der Waals surface area contributed by atoms with Crippen LogP contribution in [0.15, 0.2) is 65.1 Å². The summed E-state index contributed by atoms with van der Waals surface area (Å²) in [6.45, 7) is 1.34. The highest BCUT2D eigenvalue weighted by Gasteiger charge is 2.10. The highest BCUT2D eigenvalue weighted by atomic mass is 79.9. The van der Waals surface area contributed by atoms with Crippen molar-refractivity contribution in [2.75, 3.05) is 11.9 Å². The molecule has 0 aliphatic rings. The molecule has 0 heterocycles. The molecule has 0 bridgehead atoms. The summed E-state index contributed by atoms with van der Waals surface area (Å²) in [4.78, 5) is 23.7. The number of Topliss-reactive ketones (excluding diaryl/α,β-unsaturated/α-hetero) is 1. The maximum atomic E-state index is 12.1. The number of ether oxygens (including phenoxy) is 1. The molecule has 3 aromatic carbocycles. The van der Waals surface area contributed by atoms with E-state index >= 15 is 0 Å². The number of carbonyl (C=O) groups is 2. The van der Waals surface area contributed by atoms with E-state index in [4.69, 9.17) is 4.74 Å². The van der Waals surface area contributed by atoms with Crippen molar-refractivity contribution < 1.29 is 14.3 Å². The lowest BCUT2D eigenvalue weighted by molar-refractivity contribution is -0.118. The lowest BCUT2D eigenvalue weighted by atomic mass is 10.1. The fourth-order valence-corrected chi connectivity index (χ4v) is 2.90. The summed E-state index contributed by atoms with van der Waals surface area (Å²) >= 11 is 3.44. The van der Waals surface area contributed by atoms with E-state index in [1.54, 1.807) is 24.3 Å². The van der Waals surface area contributed by atoms with Crippen LogP contribution >= 0.6 is 15.9 Å². The summed E-state index contributed by atoms with van der Waals surface area (Å²) in [6.07, 6.45) is 0. The van der Waals surface area contributed by atoms with E-state index in [1.165, 1.54) is 6.92 Å². The number of halogens is 1. The van der Waals surface area contributed by atoms with E-state index in [0.29, 0.717) is 17.0 Å². The van der Waals surface area contributed by atoms with Crippen LogP contribution in [-0.4, -0.2) is 18.3 Å².